The SMILES string of the molecule is CCN(CC)c1ccc(N2CC=C[C@]34S[C@]5(C)/C=C\CCCCOC(=O)[C@@H]5[C@H]3C(=O)N(CCCO)C4C2=O)cc1. The number of aliphatic hydroxyl groups excluding tert-OH is 1. The van der Waals surface area contributed by atoms with Gasteiger partial charge in [0, 0.05) is 48.9 Å². The fraction of sp³-hybridized carbons (Fsp3) is 0.581. The molecule has 5 rings (SSSR count). The number of rotatable bonds is 7. The molecule has 2 saturated heterocycles. The van der Waals surface area contributed by atoms with Gasteiger partial charge in [0.2, 0.25) is 5.91 Å². The van der Waals surface area contributed by atoms with E-state index in [0.717, 1.165) is 43.7 Å². The number of carbonyl (C=O) groups is 3. The van der Waals surface area contributed by atoms with Crippen molar-refractivity contribution in [2.45, 2.75) is 62.0 Å². The summed E-state index contributed by atoms with van der Waals surface area (Å²) >= 11 is 1.56. The van der Waals surface area contributed by atoms with Crippen LogP contribution in [0.2, 0.25) is 0 Å². The quantitative estimate of drug-likeness (QED) is 0.396. The lowest BCUT2D eigenvalue weighted by Gasteiger charge is -2.37. The smallest absolute Gasteiger partial charge is 0.311 e. The molecular weight excluding hydrogens is 526 g/mol. The molecule has 40 heavy (non-hydrogen) atoms. The number of ether oxygens (including phenoxy) is 1. The number of hydrogen-bond acceptors (Lipinski definition) is 7. The number of hydrogen-bond donors (Lipinski definition) is 1. The Labute approximate surface area is 241 Å². The monoisotopic (exact) mass is 567 g/mol. The summed E-state index contributed by atoms with van der Waals surface area (Å²) in [5.74, 6) is -2.18. The molecule has 216 valence electrons. The molecule has 0 aliphatic carbocycles. The van der Waals surface area contributed by atoms with Crippen LogP contribution in [0.25, 0.3) is 0 Å². The molecule has 1 spiro atoms. The predicted octanol–water partition coefficient (Wildman–Crippen LogP) is 3.79. The van der Waals surface area contributed by atoms with Gasteiger partial charge in [0.1, 0.15) is 6.04 Å². The Bertz CT molecular complexity index is 1180. The molecule has 8 nitrogen and oxygen atoms in total. The molecule has 0 bridgehead atoms. The van der Waals surface area contributed by atoms with E-state index in [2.05, 4.69) is 30.9 Å². The topological polar surface area (TPSA) is 90.4 Å². The Balaban J connectivity index is 1.57. The fourth-order valence-corrected chi connectivity index (χ4v) is 9.10. The van der Waals surface area contributed by atoms with Crippen LogP contribution < -0.4 is 9.80 Å². The summed E-state index contributed by atoms with van der Waals surface area (Å²) in [6, 6.07) is 7.21. The number of aliphatic hydroxyl groups is 1. The third-order valence-corrected chi connectivity index (χ3v) is 10.6. The Hall–Kier alpha value is -2.78. The van der Waals surface area contributed by atoms with E-state index in [-0.39, 0.29) is 30.9 Å². The van der Waals surface area contributed by atoms with Crippen molar-refractivity contribution in [3.05, 3.63) is 48.6 Å². The number of allylic oxidation sites excluding steroid dienone is 1. The number of benzene rings is 1. The Morgan fingerprint density at radius 2 is 1.77 bits per heavy atom. The number of likely N-dealkylation sites (tertiary alicyclic amines) is 1. The standard InChI is InChI=1S/C31H41N3O5S/c1-4-32(5-2)22-12-14-23(15-13-22)33-18-10-17-31-24(27(36)34(19-11-20-35)26(31)28(33)37)25-29(38)39-21-9-7-6-8-16-30(25,3)40-31/h8,10,12-17,24-26,35H,4-7,9,11,18-21H2,1-3H3/b16-8-/t24-,25-,26?,30+,31-/m0/s1. The highest BCUT2D eigenvalue weighted by molar-refractivity contribution is 8.02. The maximum Gasteiger partial charge on any atom is 0.311 e. The molecule has 4 aliphatic rings. The van der Waals surface area contributed by atoms with E-state index in [0.29, 0.717) is 19.6 Å². The number of thioether (sulfide) groups is 1. The van der Waals surface area contributed by atoms with Crippen molar-refractivity contribution in [1.29, 1.82) is 0 Å². The van der Waals surface area contributed by atoms with Gasteiger partial charge in [-0.2, -0.15) is 0 Å². The minimum Gasteiger partial charge on any atom is -0.465 e. The average molecular weight is 568 g/mol. The maximum atomic E-state index is 14.5. The molecule has 0 radical (unpaired) electrons. The minimum absolute atomic E-state index is 0.0895. The minimum atomic E-state index is -0.920. The molecule has 2 amide bonds. The van der Waals surface area contributed by atoms with Crippen molar-refractivity contribution in [2.24, 2.45) is 11.8 Å². The van der Waals surface area contributed by atoms with E-state index in [1.165, 1.54) is 0 Å². The molecule has 0 aromatic heterocycles. The largest absolute Gasteiger partial charge is 0.465 e. The zero-order valence-electron chi connectivity index (χ0n) is 23.8. The predicted molar refractivity (Wildman–Crippen MR) is 158 cm³/mol. The molecule has 5 atom stereocenters. The first kappa shape index (κ1) is 28.7. The van der Waals surface area contributed by atoms with E-state index >= 15 is 0 Å². The normalized spacial score (nSPS) is 32.7. The highest BCUT2D eigenvalue weighted by atomic mass is 32.2. The van der Waals surface area contributed by atoms with Crippen LogP contribution >= 0.6 is 11.8 Å². The van der Waals surface area contributed by atoms with Crippen LogP contribution in [0.1, 0.15) is 46.5 Å². The van der Waals surface area contributed by atoms with Gasteiger partial charge in [0.15, 0.2) is 0 Å². The highest BCUT2D eigenvalue weighted by Gasteiger charge is 2.73. The zero-order chi connectivity index (χ0) is 28.5. The number of fused-ring (bicyclic) bond motifs is 2. The van der Waals surface area contributed by atoms with Crippen LogP contribution in [0, 0.1) is 11.8 Å². The lowest BCUT2D eigenvalue weighted by atomic mass is 9.74. The Morgan fingerprint density at radius 1 is 1.02 bits per heavy atom. The van der Waals surface area contributed by atoms with Crippen molar-refractivity contribution in [3.63, 3.8) is 0 Å². The summed E-state index contributed by atoms with van der Waals surface area (Å²) in [5, 5.41) is 9.63. The number of anilines is 2. The zero-order valence-corrected chi connectivity index (χ0v) is 24.6. The molecule has 1 unspecified atom stereocenters. The van der Waals surface area contributed by atoms with Crippen LogP contribution in [0.15, 0.2) is 48.6 Å². The van der Waals surface area contributed by atoms with Gasteiger partial charge in [-0.25, -0.2) is 0 Å². The molecule has 4 aliphatic heterocycles. The molecule has 0 saturated carbocycles. The number of cyclic esters (lactones) is 1. The highest BCUT2D eigenvalue weighted by Crippen LogP contribution is 2.65. The van der Waals surface area contributed by atoms with Crippen LogP contribution in [0.3, 0.4) is 0 Å². The first-order valence-corrected chi connectivity index (χ1v) is 15.4. The summed E-state index contributed by atoms with van der Waals surface area (Å²) in [6.45, 7) is 8.89. The summed E-state index contributed by atoms with van der Waals surface area (Å²) < 4.78 is 4.11. The molecule has 9 heteroatoms. The lowest BCUT2D eigenvalue weighted by molar-refractivity contribution is -0.154. The number of amides is 2. The van der Waals surface area contributed by atoms with Gasteiger partial charge in [0.25, 0.3) is 5.91 Å². The summed E-state index contributed by atoms with van der Waals surface area (Å²) in [4.78, 5) is 48.0. The summed E-state index contributed by atoms with van der Waals surface area (Å²) in [7, 11) is 0. The Kier molecular flexibility index (Phi) is 8.34. The van der Waals surface area contributed by atoms with Crippen LogP contribution in [-0.2, 0) is 19.1 Å². The molecule has 4 heterocycles. The van der Waals surface area contributed by atoms with E-state index in [1.54, 1.807) is 21.6 Å². The van der Waals surface area contributed by atoms with Gasteiger partial charge in [-0.15, -0.1) is 11.8 Å². The Morgan fingerprint density at radius 3 is 2.48 bits per heavy atom. The van der Waals surface area contributed by atoms with Gasteiger partial charge in [-0.05, 0) is 70.7 Å². The maximum absolute atomic E-state index is 14.5. The van der Waals surface area contributed by atoms with Crippen molar-refractivity contribution in [2.75, 3.05) is 49.2 Å². The van der Waals surface area contributed by atoms with Crippen LogP contribution in [-0.4, -0.2) is 82.7 Å². The van der Waals surface area contributed by atoms with Gasteiger partial charge in [0.05, 0.1) is 23.2 Å². The van der Waals surface area contributed by atoms with Crippen molar-refractivity contribution in [3.8, 4) is 0 Å². The first-order valence-electron chi connectivity index (χ1n) is 14.6. The summed E-state index contributed by atoms with van der Waals surface area (Å²) in [5.41, 5.74) is 1.87. The molecular formula is C31H41N3O5S. The van der Waals surface area contributed by atoms with E-state index in [1.807, 2.05) is 43.3 Å². The van der Waals surface area contributed by atoms with Crippen molar-refractivity contribution >= 4 is 40.9 Å². The molecule has 1 aromatic carbocycles. The lowest BCUT2D eigenvalue weighted by Crippen LogP contribution is -2.53. The van der Waals surface area contributed by atoms with Crippen LogP contribution in [0.4, 0.5) is 11.4 Å². The first-order chi connectivity index (χ1) is 19.3. The summed E-state index contributed by atoms with van der Waals surface area (Å²) in [6.07, 6.45) is 11.1. The third-order valence-electron chi connectivity index (χ3n) is 8.85. The van der Waals surface area contributed by atoms with Gasteiger partial charge in [-0.3, -0.25) is 14.4 Å². The average Bonchev–Trinajstić information content (AvgIpc) is 3.27. The molecule has 1 aromatic rings. The van der Waals surface area contributed by atoms with Gasteiger partial charge >= 0.3 is 5.97 Å². The fourth-order valence-electron chi connectivity index (χ4n) is 6.94. The number of carbonyl (C=O) groups excluding carboxylic acids is 3. The second-order valence-corrected chi connectivity index (χ2v) is 13.0. The van der Waals surface area contributed by atoms with Gasteiger partial charge in [-0.1, -0.05) is 24.3 Å². The molecule has 1 N–H and O–H groups in total. The van der Waals surface area contributed by atoms with E-state index in [9.17, 15) is 19.5 Å². The second-order valence-electron chi connectivity index (χ2n) is 11.2. The van der Waals surface area contributed by atoms with Crippen molar-refractivity contribution < 1.29 is 24.2 Å². The molecule has 2 fully saturated rings. The number of nitrogens with zero attached hydrogens (tertiary/aromatic N) is 3. The number of esters is 1. The van der Waals surface area contributed by atoms with Crippen LogP contribution in [0.5, 0.6) is 0 Å². The van der Waals surface area contributed by atoms with E-state index in [4.69, 9.17) is 4.74 Å². The third kappa shape index (κ3) is 4.75. The van der Waals surface area contributed by atoms with E-state index < -0.39 is 27.4 Å². The second kappa shape index (κ2) is 11.6. The van der Waals surface area contributed by atoms with Gasteiger partial charge < -0.3 is 24.5 Å². The van der Waals surface area contributed by atoms with Crippen molar-refractivity contribution in [1.82, 2.24) is 4.90 Å².